The summed E-state index contributed by atoms with van der Waals surface area (Å²) in [6.45, 7) is 0. The highest BCUT2D eigenvalue weighted by atomic mass is 16.3. The third-order valence-corrected chi connectivity index (χ3v) is 1.38. The van der Waals surface area contributed by atoms with Crippen LogP contribution in [-0.2, 0) is 0 Å². The highest BCUT2D eigenvalue weighted by Gasteiger charge is 2.20. The van der Waals surface area contributed by atoms with E-state index in [4.69, 9.17) is 10.4 Å². The van der Waals surface area contributed by atoms with E-state index >= 15 is 0 Å². The minimum Gasteiger partial charge on any atom is -0.389 e. The smallest absolute Gasteiger partial charge is 0.155 e. The lowest BCUT2D eigenvalue weighted by atomic mass is 10.1. The Morgan fingerprint density at radius 3 is 2.92 bits per heavy atom. The lowest BCUT2D eigenvalue weighted by Crippen LogP contribution is -2.18. The second-order valence-corrected chi connectivity index (χ2v) is 2.25. The molecule has 1 aromatic heterocycles. The standard InChI is InChI=1S/C6H8N4O2/c7-2-1-4(11)5(12)6-8-3-9-10-6/h3-5,11-12H,1H2,(H,8,9,10). The molecule has 0 aliphatic carbocycles. The van der Waals surface area contributed by atoms with Crippen molar-refractivity contribution >= 4 is 0 Å². The monoisotopic (exact) mass is 168 g/mol. The summed E-state index contributed by atoms with van der Waals surface area (Å²) < 4.78 is 0. The Morgan fingerprint density at radius 2 is 2.42 bits per heavy atom. The van der Waals surface area contributed by atoms with E-state index in [0.717, 1.165) is 0 Å². The molecule has 2 unspecified atom stereocenters. The van der Waals surface area contributed by atoms with Crippen LogP contribution in [0.2, 0.25) is 0 Å². The fourth-order valence-corrected chi connectivity index (χ4v) is 0.745. The fourth-order valence-electron chi connectivity index (χ4n) is 0.745. The van der Waals surface area contributed by atoms with Gasteiger partial charge in [0.15, 0.2) is 5.82 Å². The number of aromatic amines is 1. The maximum absolute atomic E-state index is 9.27. The van der Waals surface area contributed by atoms with Crippen molar-refractivity contribution in [3.05, 3.63) is 12.2 Å². The quantitative estimate of drug-likeness (QED) is 0.543. The number of nitriles is 1. The average Bonchev–Trinajstić information content (AvgIpc) is 2.55. The van der Waals surface area contributed by atoms with E-state index in [0.29, 0.717) is 0 Å². The molecule has 0 radical (unpaired) electrons. The first-order valence-corrected chi connectivity index (χ1v) is 3.34. The molecule has 64 valence electrons. The Balaban J connectivity index is 2.60. The van der Waals surface area contributed by atoms with Crippen LogP contribution in [0, 0.1) is 11.3 Å². The number of aliphatic hydroxyl groups excluding tert-OH is 2. The molecule has 1 rings (SSSR count). The number of nitrogens with zero attached hydrogens (tertiary/aromatic N) is 3. The Hall–Kier alpha value is -1.45. The number of aliphatic hydroxyl groups is 2. The molecular formula is C6H8N4O2. The van der Waals surface area contributed by atoms with Crippen molar-refractivity contribution in [1.82, 2.24) is 15.2 Å². The average molecular weight is 168 g/mol. The van der Waals surface area contributed by atoms with Gasteiger partial charge in [-0.15, -0.1) is 0 Å². The van der Waals surface area contributed by atoms with E-state index in [1.807, 2.05) is 0 Å². The predicted octanol–water partition coefficient (Wildman–Crippen LogP) is -0.887. The Labute approximate surface area is 68.5 Å². The molecule has 0 bridgehead atoms. The van der Waals surface area contributed by atoms with Crippen LogP contribution in [-0.4, -0.2) is 31.5 Å². The van der Waals surface area contributed by atoms with Gasteiger partial charge in [-0.2, -0.15) is 10.4 Å². The Bertz CT molecular complexity index is 266. The van der Waals surface area contributed by atoms with Crippen LogP contribution in [0.1, 0.15) is 18.3 Å². The number of rotatable bonds is 3. The van der Waals surface area contributed by atoms with E-state index in [-0.39, 0.29) is 12.2 Å². The van der Waals surface area contributed by atoms with Crippen molar-refractivity contribution in [2.75, 3.05) is 0 Å². The first-order chi connectivity index (χ1) is 5.75. The molecular weight excluding hydrogens is 160 g/mol. The summed E-state index contributed by atoms with van der Waals surface area (Å²) in [5, 5.41) is 32.5. The molecule has 0 saturated carbocycles. The number of aromatic nitrogens is 3. The zero-order chi connectivity index (χ0) is 8.97. The van der Waals surface area contributed by atoms with E-state index < -0.39 is 12.2 Å². The molecule has 6 heteroatoms. The van der Waals surface area contributed by atoms with Gasteiger partial charge in [0.05, 0.1) is 12.5 Å². The lowest BCUT2D eigenvalue weighted by Gasteiger charge is -2.11. The lowest BCUT2D eigenvalue weighted by molar-refractivity contribution is 0.0164. The van der Waals surface area contributed by atoms with Crippen molar-refractivity contribution in [2.24, 2.45) is 0 Å². The molecule has 3 N–H and O–H groups in total. The van der Waals surface area contributed by atoms with Crippen LogP contribution in [0.25, 0.3) is 0 Å². The largest absolute Gasteiger partial charge is 0.389 e. The van der Waals surface area contributed by atoms with Gasteiger partial charge in [0, 0.05) is 0 Å². The summed E-state index contributed by atoms with van der Waals surface area (Å²) in [6, 6.07) is 1.74. The van der Waals surface area contributed by atoms with Crippen molar-refractivity contribution in [3.8, 4) is 6.07 Å². The van der Waals surface area contributed by atoms with Crippen molar-refractivity contribution in [3.63, 3.8) is 0 Å². The van der Waals surface area contributed by atoms with Gasteiger partial charge in [-0.25, -0.2) is 4.98 Å². The van der Waals surface area contributed by atoms with E-state index in [1.165, 1.54) is 6.33 Å². The second kappa shape index (κ2) is 3.80. The molecule has 0 spiro atoms. The molecule has 0 saturated heterocycles. The highest BCUT2D eigenvalue weighted by Crippen LogP contribution is 2.12. The van der Waals surface area contributed by atoms with Crippen LogP contribution in [0.4, 0.5) is 0 Å². The molecule has 6 nitrogen and oxygen atoms in total. The molecule has 1 aromatic rings. The Kier molecular flexibility index (Phi) is 2.74. The molecule has 0 aliphatic rings. The van der Waals surface area contributed by atoms with Gasteiger partial charge in [0.2, 0.25) is 0 Å². The topological polar surface area (TPSA) is 106 Å². The molecule has 1 heterocycles. The molecule has 0 aliphatic heterocycles. The van der Waals surface area contributed by atoms with Gasteiger partial charge in [-0.05, 0) is 0 Å². The fraction of sp³-hybridized carbons (Fsp3) is 0.500. The third kappa shape index (κ3) is 1.78. The number of hydrogen-bond acceptors (Lipinski definition) is 5. The van der Waals surface area contributed by atoms with Gasteiger partial charge in [0.25, 0.3) is 0 Å². The van der Waals surface area contributed by atoms with E-state index in [1.54, 1.807) is 6.07 Å². The van der Waals surface area contributed by atoms with Crippen molar-refractivity contribution in [2.45, 2.75) is 18.6 Å². The minimum absolute atomic E-state index is 0.137. The first-order valence-electron chi connectivity index (χ1n) is 3.34. The maximum atomic E-state index is 9.27. The first kappa shape index (κ1) is 8.64. The predicted molar refractivity (Wildman–Crippen MR) is 37.6 cm³/mol. The second-order valence-electron chi connectivity index (χ2n) is 2.25. The van der Waals surface area contributed by atoms with Gasteiger partial charge in [0.1, 0.15) is 18.5 Å². The SMILES string of the molecule is N#CCC(O)C(O)c1ncn[nH]1. The van der Waals surface area contributed by atoms with Gasteiger partial charge < -0.3 is 10.2 Å². The summed E-state index contributed by atoms with van der Waals surface area (Å²) in [6.07, 6.45) is -1.21. The number of nitrogens with one attached hydrogen (secondary N) is 1. The van der Waals surface area contributed by atoms with Crippen LogP contribution in [0.3, 0.4) is 0 Å². The van der Waals surface area contributed by atoms with E-state index in [9.17, 15) is 5.11 Å². The zero-order valence-corrected chi connectivity index (χ0v) is 6.18. The summed E-state index contributed by atoms with van der Waals surface area (Å²) in [5.74, 6) is 0.165. The van der Waals surface area contributed by atoms with Crippen LogP contribution in [0.15, 0.2) is 6.33 Å². The molecule has 12 heavy (non-hydrogen) atoms. The zero-order valence-electron chi connectivity index (χ0n) is 6.18. The van der Waals surface area contributed by atoms with Gasteiger partial charge in [-0.3, -0.25) is 5.10 Å². The maximum Gasteiger partial charge on any atom is 0.155 e. The van der Waals surface area contributed by atoms with Crippen LogP contribution in [0.5, 0.6) is 0 Å². The van der Waals surface area contributed by atoms with Crippen molar-refractivity contribution in [1.29, 1.82) is 5.26 Å². The van der Waals surface area contributed by atoms with Crippen LogP contribution >= 0.6 is 0 Å². The molecule has 0 fully saturated rings. The minimum atomic E-state index is -1.17. The normalized spacial score (nSPS) is 15.1. The van der Waals surface area contributed by atoms with Crippen LogP contribution < -0.4 is 0 Å². The summed E-state index contributed by atoms with van der Waals surface area (Å²) in [5.41, 5.74) is 0. The molecule has 0 amide bonds. The summed E-state index contributed by atoms with van der Waals surface area (Å²) in [4.78, 5) is 3.63. The highest BCUT2D eigenvalue weighted by molar-refractivity contribution is 4.93. The number of H-pyrrole nitrogens is 1. The van der Waals surface area contributed by atoms with Gasteiger partial charge >= 0.3 is 0 Å². The molecule has 2 atom stereocenters. The summed E-state index contributed by atoms with van der Waals surface area (Å²) in [7, 11) is 0. The summed E-state index contributed by atoms with van der Waals surface area (Å²) >= 11 is 0. The van der Waals surface area contributed by atoms with E-state index in [2.05, 4.69) is 15.2 Å². The van der Waals surface area contributed by atoms with Gasteiger partial charge in [-0.1, -0.05) is 0 Å². The molecule has 0 aromatic carbocycles. The Morgan fingerprint density at radius 1 is 1.67 bits per heavy atom. The number of hydrogen-bond donors (Lipinski definition) is 3. The third-order valence-electron chi connectivity index (χ3n) is 1.38. The van der Waals surface area contributed by atoms with Crippen molar-refractivity contribution < 1.29 is 10.2 Å².